The van der Waals surface area contributed by atoms with Crippen LogP contribution in [0, 0.1) is 0 Å². The summed E-state index contributed by atoms with van der Waals surface area (Å²) in [7, 11) is 0. The lowest BCUT2D eigenvalue weighted by Gasteiger charge is -2.50. The molecule has 3 atom stereocenters. The molecule has 0 aliphatic carbocycles. The maximum atomic E-state index is 13.8. The molecule has 12 heteroatoms. The molecule has 3 amide bonds. The third-order valence-corrected chi connectivity index (χ3v) is 8.94. The predicted octanol–water partition coefficient (Wildman–Crippen LogP) is 5.18. The van der Waals surface area contributed by atoms with Gasteiger partial charge >= 0.3 is 12.1 Å². The van der Waals surface area contributed by atoms with Gasteiger partial charge in [-0.25, -0.2) is 9.59 Å². The maximum absolute atomic E-state index is 13.8. The van der Waals surface area contributed by atoms with E-state index in [4.69, 9.17) is 21.1 Å². The van der Waals surface area contributed by atoms with Crippen LogP contribution < -0.4 is 10.6 Å². The number of aromatic hydroxyl groups is 1. The number of carbonyl (C=O) groups excluding carboxylic acids is 4. The van der Waals surface area contributed by atoms with Gasteiger partial charge in [-0.05, 0) is 55.2 Å². The quantitative estimate of drug-likeness (QED) is 0.162. The summed E-state index contributed by atoms with van der Waals surface area (Å²) in [6, 6.07) is 22.1. The van der Waals surface area contributed by atoms with E-state index >= 15 is 0 Å². The first kappa shape index (κ1) is 32.9. The summed E-state index contributed by atoms with van der Waals surface area (Å²) in [5, 5.41) is 14.4. The van der Waals surface area contributed by atoms with E-state index in [1.165, 1.54) is 40.9 Å². The molecule has 0 spiro atoms. The fraction of sp³-hybridized carbons (Fsp3) is 0.294. The summed E-state index contributed by atoms with van der Waals surface area (Å²) in [6.45, 7) is 5.08. The highest BCUT2D eigenvalue weighted by atomic mass is 35.5. The van der Waals surface area contributed by atoms with Crippen LogP contribution in [0.15, 0.2) is 96.2 Å². The van der Waals surface area contributed by atoms with E-state index in [9.17, 15) is 24.3 Å². The van der Waals surface area contributed by atoms with Gasteiger partial charge in [0.25, 0.3) is 5.91 Å². The third kappa shape index (κ3) is 7.32. The van der Waals surface area contributed by atoms with Crippen LogP contribution in [0.3, 0.4) is 0 Å². The van der Waals surface area contributed by atoms with Crippen LogP contribution in [0.1, 0.15) is 49.6 Å². The number of carbonyl (C=O) groups is 4. The van der Waals surface area contributed by atoms with E-state index in [1.54, 1.807) is 20.8 Å². The van der Waals surface area contributed by atoms with Crippen LogP contribution in [0.2, 0.25) is 0 Å². The monoisotopic (exact) mass is 663 g/mol. The number of benzene rings is 3. The summed E-state index contributed by atoms with van der Waals surface area (Å²) >= 11 is 7.61. The van der Waals surface area contributed by atoms with Crippen LogP contribution in [0.25, 0.3) is 0 Å². The minimum absolute atomic E-state index is 0.00896. The Bertz CT molecular complexity index is 1590. The first-order valence-electron chi connectivity index (χ1n) is 14.6. The van der Waals surface area contributed by atoms with Gasteiger partial charge in [-0.1, -0.05) is 72.8 Å². The van der Waals surface area contributed by atoms with Gasteiger partial charge in [0, 0.05) is 11.6 Å². The van der Waals surface area contributed by atoms with E-state index in [0.717, 1.165) is 11.1 Å². The molecule has 3 N–H and O–H groups in total. The lowest BCUT2D eigenvalue weighted by Crippen LogP contribution is -2.71. The van der Waals surface area contributed by atoms with Crippen molar-refractivity contribution >= 4 is 47.2 Å². The summed E-state index contributed by atoms with van der Waals surface area (Å²) in [5.41, 5.74) is 1.67. The molecule has 2 aliphatic heterocycles. The number of hydrogen-bond donors (Lipinski definition) is 3. The molecule has 0 aromatic heterocycles. The Labute approximate surface area is 276 Å². The SMILES string of the molecule is CC(C)(C)OC(=O)NC(C(=O)NC1C(=O)N2C(C(=O)OC(c3ccccc3)c3ccccc3)=C(CCl)CS[C@H]12)c1ccc(O)cc1. The second-order valence-electron chi connectivity index (χ2n) is 11.8. The first-order chi connectivity index (χ1) is 22.0. The Morgan fingerprint density at radius 1 is 0.957 bits per heavy atom. The number of ether oxygens (including phenoxy) is 2. The van der Waals surface area contributed by atoms with Gasteiger partial charge in [0.1, 0.15) is 34.5 Å². The molecule has 2 heterocycles. The van der Waals surface area contributed by atoms with Gasteiger partial charge in [0.2, 0.25) is 5.91 Å². The number of rotatable bonds is 9. The summed E-state index contributed by atoms with van der Waals surface area (Å²) in [5.74, 6) is -1.56. The first-order valence-corrected chi connectivity index (χ1v) is 16.2. The predicted molar refractivity (Wildman–Crippen MR) is 174 cm³/mol. The summed E-state index contributed by atoms with van der Waals surface area (Å²) in [4.78, 5) is 55.0. The Hall–Kier alpha value is -4.48. The normalized spacial score (nSPS) is 18.3. The second-order valence-corrected chi connectivity index (χ2v) is 13.1. The van der Waals surface area contributed by atoms with Crippen LogP contribution >= 0.6 is 23.4 Å². The van der Waals surface area contributed by atoms with Crippen molar-refractivity contribution in [2.45, 2.75) is 49.9 Å². The van der Waals surface area contributed by atoms with Crippen molar-refractivity contribution in [2.75, 3.05) is 11.6 Å². The number of phenols is 1. The molecule has 0 bridgehead atoms. The zero-order chi connectivity index (χ0) is 33.0. The average molecular weight is 664 g/mol. The molecule has 2 unspecified atom stereocenters. The Morgan fingerprint density at radius 3 is 2.09 bits per heavy atom. The third-order valence-electron chi connectivity index (χ3n) is 7.28. The number of β-lactam (4-membered cyclic amide) rings is 1. The van der Waals surface area contributed by atoms with E-state index in [2.05, 4.69) is 10.6 Å². The number of amides is 3. The van der Waals surface area contributed by atoms with Crippen molar-refractivity contribution in [3.05, 3.63) is 113 Å². The fourth-order valence-corrected chi connectivity index (χ4v) is 6.83. The molecule has 46 heavy (non-hydrogen) atoms. The second kappa shape index (κ2) is 13.9. The average Bonchev–Trinajstić information content (AvgIpc) is 3.04. The van der Waals surface area contributed by atoms with Crippen molar-refractivity contribution in [1.82, 2.24) is 15.5 Å². The van der Waals surface area contributed by atoms with E-state index in [1.807, 2.05) is 60.7 Å². The zero-order valence-corrected chi connectivity index (χ0v) is 27.0. The highest BCUT2D eigenvalue weighted by molar-refractivity contribution is 8.00. The van der Waals surface area contributed by atoms with E-state index in [0.29, 0.717) is 16.9 Å². The molecule has 2 aliphatic rings. The summed E-state index contributed by atoms with van der Waals surface area (Å²) in [6.07, 6.45) is -1.57. The molecule has 240 valence electrons. The molecule has 10 nitrogen and oxygen atoms in total. The Morgan fingerprint density at radius 2 is 1.54 bits per heavy atom. The van der Waals surface area contributed by atoms with E-state index in [-0.39, 0.29) is 17.3 Å². The highest BCUT2D eigenvalue weighted by Crippen LogP contribution is 2.42. The molecule has 3 aromatic carbocycles. The van der Waals surface area contributed by atoms with Gasteiger partial charge in [-0.15, -0.1) is 23.4 Å². The number of fused-ring (bicyclic) bond motifs is 1. The number of esters is 1. The number of alkyl halides is 1. The van der Waals surface area contributed by atoms with E-state index < -0.39 is 53.0 Å². The maximum Gasteiger partial charge on any atom is 0.408 e. The molecular weight excluding hydrogens is 630 g/mol. The van der Waals surface area contributed by atoms with Crippen molar-refractivity contribution < 1.29 is 33.8 Å². The lowest BCUT2D eigenvalue weighted by atomic mass is 10.00. The van der Waals surface area contributed by atoms with Crippen molar-refractivity contribution in [3.63, 3.8) is 0 Å². The van der Waals surface area contributed by atoms with Gasteiger partial charge in [0.05, 0.1) is 0 Å². The molecule has 0 saturated carbocycles. The van der Waals surface area contributed by atoms with Crippen molar-refractivity contribution in [2.24, 2.45) is 0 Å². The number of hydrogen-bond acceptors (Lipinski definition) is 8. The zero-order valence-electron chi connectivity index (χ0n) is 25.4. The highest BCUT2D eigenvalue weighted by Gasteiger charge is 2.55. The Balaban J connectivity index is 1.36. The van der Waals surface area contributed by atoms with Crippen LogP contribution in [-0.2, 0) is 23.9 Å². The molecule has 0 radical (unpaired) electrons. The number of nitrogens with zero attached hydrogens (tertiary/aromatic N) is 1. The van der Waals surface area contributed by atoms with Crippen LogP contribution in [-0.4, -0.2) is 62.5 Å². The fourth-order valence-electron chi connectivity index (χ4n) is 5.15. The minimum Gasteiger partial charge on any atom is -0.508 e. The molecule has 1 saturated heterocycles. The van der Waals surface area contributed by atoms with Gasteiger partial charge in [0.15, 0.2) is 6.10 Å². The molecular formula is C34H34ClN3O7S. The van der Waals surface area contributed by atoms with Gasteiger partial charge in [-0.2, -0.15) is 0 Å². The van der Waals surface area contributed by atoms with Crippen LogP contribution in [0.5, 0.6) is 5.75 Å². The smallest absolute Gasteiger partial charge is 0.408 e. The molecule has 1 fully saturated rings. The lowest BCUT2D eigenvalue weighted by molar-refractivity contribution is -0.154. The molecule has 5 rings (SSSR count). The number of phenolic OH excluding ortho intramolecular Hbond substituents is 1. The minimum atomic E-state index is -1.23. The van der Waals surface area contributed by atoms with Crippen LogP contribution in [0.4, 0.5) is 4.79 Å². The van der Waals surface area contributed by atoms with Crippen molar-refractivity contribution in [1.29, 1.82) is 0 Å². The van der Waals surface area contributed by atoms with Gasteiger partial charge < -0.3 is 25.2 Å². The van der Waals surface area contributed by atoms with Gasteiger partial charge in [-0.3, -0.25) is 14.5 Å². The molecule has 3 aromatic rings. The number of nitrogens with one attached hydrogen (secondary N) is 2. The Kier molecular flexibility index (Phi) is 9.93. The largest absolute Gasteiger partial charge is 0.508 e. The number of thioether (sulfide) groups is 1. The topological polar surface area (TPSA) is 134 Å². The van der Waals surface area contributed by atoms with Crippen molar-refractivity contribution in [3.8, 4) is 5.75 Å². The standard InChI is InChI=1S/C34H34ClN3O7S/c1-34(2,3)45-33(43)37-25(20-14-16-24(39)17-15-20)29(40)36-26-30(41)38-27(23(18-35)19-46-31(26)38)32(42)44-28(21-10-6-4-7-11-21)22-12-8-5-9-13-22/h4-17,25-26,28,31,39H,18-19H2,1-3H3,(H,36,40)(H,37,43)/t25?,26?,31-/m1/s1. The number of halogens is 1. The number of alkyl carbamates (subject to hydrolysis) is 1. The summed E-state index contributed by atoms with van der Waals surface area (Å²) < 4.78 is 11.4.